The highest BCUT2D eigenvalue weighted by molar-refractivity contribution is 7.89. The van der Waals surface area contributed by atoms with E-state index in [1.165, 1.54) is 12.3 Å². The van der Waals surface area contributed by atoms with Gasteiger partial charge in [-0.25, -0.2) is 28.2 Å². The molecule has 31 heavy (non-hydrogen) atoms. The molecule has 1 amide bonds. The van der Waals surface area contributed by atoms with Crippen molar-refractivity contribution >= 4 is 27.6 Å². The van der Waals surface area contributed by atoms with Gasteiger partial charge in [0.1, 0.15) is 17.4 Å². The van der Waals surface area contributed by atoms with E-state index in [-0.39, 0.29) is 30.5 Å². The van der Waals surface area contributed by atoms with Gasteiger partial charge in [-0.05, 0) is 24.3 Å². The molecule has 0 spiro atoms. The summed E-state index contributed by atoms with van der Waals surface area (Å²) < 4.78 is 28.5. The van der Waals surface area contributed by atoms with Crippen molar-refractivity contribution < 1.29 is 23.1 Å². The normalized spacial score (nSPS) is 11.0. The SMILES string of the molecule is CS(=O)(=O)Cc1cc(NCCO)nc(-c2ccc(NC(=O)Oc3ccccc3)nc2)n1. The minimum absolute atomic E-state index is 0.109. The molecule has 0 aliphatic rings. The van der Waals surface area contributed by atoms with E-state index in [0.29, 0.717) is 22.8 Å². The van der Waals surface area contributed by atoms with E-state index in [0.717, 1.165) is 6.26 Å². The number of para-hydroxylation sites is 1. The van der Waals surface area contributed by atoms with Crippen molar-refractivity contribution in [2.45, 2.75) is 5.75 Å². The number of pyridine rings is 1. The second kappa shape index (κ2) is 9.96. The number of ether oxygens (including phenoxy) is 1. The predicted molar refractivity (Wildman–Crippen MR) is 115 cm³/mol. The first-order chi connectivity index (χ1) is 14.8. The standard InChI is InChI=1S/C20H21N5O5S/c1-31(28,29)13-15-11-18(21-9-10-26)24-19(23-15)14-7-8-17(22-12-14)25-20(27)30-16-5-3-2-4-6-16/h2-8,11-12,26H,9-10,13H2,1H3,(H,21,23,24)(H,22,25,27). The van der Waals surface area contributed by atoms with Crippen molar-refractivity contribution in [3.05, 3.63) is 60.4 Å². The number of aliphatic hydroxyl groups is 1. The van der Waals surface area contributed by atoms with Gasteiger partial charge in [0.2, 0.25) is 0 Å². The molecule has 3 rings (SSSR count). The zero-order valence-electron chi connectivity index (χ0n) is 16.6. The summed E-state index contributed by atoms with van der Waals surface area (Å²) in [4.78, 5) is 24.8. The number of carbonyl (C=O) groups excluding carboxylic acids is 1. The Bertz CT molecular complexity index is 1140. The molecule has 11 heteroatoms. The Morgan fingerprint density at radius 2 is 1.87 bits per heavy atom. The molecule has 0 saturated heterocycles. The number of carbonyl (C=O) groups is 1. The lowest BCUT2D eigenvalue weighted by Crippen LogP contribution is -2.17. The Labute approximate surface area is 179 Å². The van der Waals surface area contributed by atoms with Crippen molar-refractivity contribution in [3.8, 4) is 17.1 Å². The van der Waals surface area contributed by atoms with E-state index < -0.39 is 15.9 Å². The number of benzene rings is 1. The van der Waals surface area contributed by atoms with Crippen LogP contribution in [-0.4, -0.2) is 54.0 Å². The van der Waals surface area contributed by atoms with Crippen LogP contribution in [0.15, 0.2) is 54.7 Å². The maximum atomic E-state index is 12.0. The van der Waals surface area contributed by atoms with Crippen LogP contribution in [-0.2, 0) is 15.6 Å². The summed E-state index contributed by atoms with van der Waals surface area (Å²) in [6.07, 6.45) is 1.88. The number of rotatable bonds is 8. The number of nitrogens with zero attached hydrogens (tertiary/aromatic N) is 3. The molecule has 0 radical (unpaired) electrons. The second-order valence-electron chi connectivity index (χ2n) is 6.55. The number of aliphatic hydroxyl groups excluding tert-OH is 1. The zero-order valence-corrected chi connectivity index (χ0v) is 17.5. The lowest BCUT2D eigenvalue weighted by atomic mass is 10.2. The van der Waals surface area contributed by atoms with Crippen LogP contribution in [0.5, 0.6) is 5.75 Å². The fourth-order valence-corrected chi connectivity index (χ4v) is 3.25. The van der Waals surface area contributed by atoms with Gasteiger partial charge in [-0.1, -0.05) is 18.2 Å². The third kappa shape index (κ3) is 7.01. The van der Waals surface area contributed by atoms with Gasteiger partial charge < -0.3 is 15.2 Å². The van der Waals surface area contributed by atoms with Gasteiger partial charge in [0.25, 0.3) is 0 Å². The van der Waals surface area contributed by atoms with Crippen LogP contribution in [0.2, 0.25) is 0 Å². The van der Waals surface area contributed by atoms with Gasteiger partial charge in [-0.2, -0.15) is 0 Å². The number of amides is 1. The molecule has 3 N–H and O–H groups in total. The molecule has 0 aliphatic carbocycles. The summed E-state index contributed by atoms with van der Waals surface area (Å²) in [5.74, 6) is 1.04. The molecule has 0 unspecified atom stereocenters. The number of anilines is 2. The van der Waals surface area contributed by atoms with Crippen LogP contribution in [0.3, 0.4) is 0 Å². The van der Waals surface area contributed by atoms with E-state index in [1.807, 2.05) is 6.07 Å². The maximum Gasteiger partial charge on any atom is 0.418 e. The van der Waals surface area contributed by atoms with E-state index in [9.17, 15) is 13.2 Å². The Kier molecular flexibility index (Phi) is 7.11. The summed E-state index contributed by atoms with van der Waals surface area (Å²) in [6, 6.07) is 13.3. The van der Waals surface area contributed by atoms with Crippen molar-refractivity contribution in [1.29, 1.82) is 0 Å². The van der Waals surface area contributed by atoms with Crippen LogP contribution in [0.25, 0.3) is 11.4 Å². The van der Waals surface area contributed by atoms with Crippen LogP contribution in [0.4, 0.5) is 16.4 Å². The Morgan fingerprint density at radius 1 is 1.10 bits per heavy atom. The monoisotopic (exact) mass is 443 g/mol. The Morgan fingerprint density at radius 3 is 2.52 bits per heavy atom. The summed E-state index contributed by atoms with van der Waals surface area (Å²) in [6.45, 7) is 0.140. The largest absolute Gasteiger partial charge is 0.418 e. The van der Waals surface area contributed by atoms with Crippen molar-refractivity contribution in [3.63, 3.8) is 0 Å². The van der Waals surface area contributed by atoms with Gasteiger partial charge in [0.15, 0.2) is 15.7 Å². The van der Waals surface area contributed by atoms with Gasteiger partial charge in [-0.15, -0.1) is 0 Å². The van der Waals surface area contributed by atoms with E-state index in [2.05, 4.69) is 25.6 Å². The minimum atomic E-state index is -3.30. The first kappa shape index (κ1) is 22.1. The van der Waals surface area contributed by atoms with Crippen molar-refractivity contribution in [2.24, 2.45) is 0 Å². The summed E-state index contributed by atoms with van der Waals surface area (Å²) in [5.41, 5.74) is 0.825. The Balaban J connectivity index is 1.77. The molecule has 3 aromatic rings. The molecule has 0 saturated carbocycles. The molecule has 0 aliphatic heterocycles. The number of hydrogen-bond donors (Lipinski definition) is 3. The lowest BCUT2D eigenvalue weighted by Gasteiger charge is -2.10. The number of nitrogens with one attached hydrogen (secondary N) is 2. The molecule has 162 valence electrons. The molecule has 0 fully saturated rings. The fraction of sp³-hybridized carbons (Fsp3) is 0.200. The van der Waals surface area contributed by atoms with Crippen LogP contribution in [0, 0.1) is 0 Å². The molecule has 2 aromatic heterocycles. The Hall–Kier alpha value is -3.57. The molecular weight excluding hydrogens is 422 g/mol. The first-order valence-corrected chi connectivity index (χ1v) is 11.3. The highest BCUT2D eigenvalue weighted by Gasteiger charge is 2.13. The molecule has 0 atom stereocenters. The van der Waals surface area contributed by atoms with Crippen LogP contribution >= 0.6 is 0 Å². The zero-order chi connectivity index (χ0) is 22.3. The van der Waals surface area contributed by atoms with Gasteiger partial charge in [0, 0.05) is 30.6 Å². The number of sulfone groups is 1. The van der Waals surface area contributed by atoms with Crippen molar-refractivity contribution in [1.82, 2.24) is 15.0 Å². The quantitative estimate of drug-likeness (QED) is 0.477. The predicted octanol–water partition coefficient (Wildman–Crippen LogP) is 2.10. The highest BCUT2D eigenvalue weighted by atomic mass is 32.2. The van der Waals surface area contributed by atoms with E-state index in [4.69, 9.17) is 9.84 Å². The second-order valence-corrected chi connectivity index (χ2v) is 8.69. The molecule has 1 aromatic carbocycles. The molecule has 0 bridgehead atoms. The average molecular weight is 443 g/mol. The lowest BCUT2D eigenvalue weighted by molar-refractivity contribution is 0.215. The maximum absolute atomic E-state index is 12.0. The van der Waals surface area contributed by atoms with Gasteiger partial charge >= 0.3 is 6.09 Å². The van der Waals surface area contributed by atoms with Crippen LogP contribution in [0.1, 0.15) is 5.69 Å². The van der Waals surface area contributed by atoms with E-state index in [1.54, 1.807) is 36.4 Å². The smallest absolute Gasteiger partial charge is 0.410 e. The summed E-state index contributed by atoms with van der Waals surface area (Å²) >= 11 is 0. The number of hydrogen-bond acceptors (Lipinski definition) is 9. The van der Waals surface area contributed by atoms with Crippen LogP contribution < -0.4 is 15.4 Å². The number of aromatic nitrogens is 3. The third-order valence-corrected chi connectivity index (χ3v) is 4.63. The minimum Gasteiger partial charge on any atom is -0.410 e. The molecule has 10 nitrogen and oxygen atoms in total. The molecular formula is C20H21N5O5S. The topological polar surface area (TPSA) is 143 Å². The summed E-state index contributed by atoms with van der Waals surface area (Å²) in [5, 5.41) is 14.4. The molecule has 2 heterocycles. The van der Waals surface area contributed by atoms with E-state index >= 15 is 0 Å². The first-order valence-electron chi connectivity index (χ1n) is 9.23. The van der Waals surface area contributed by atoms with Crippen molar-refractivity contribution in [2.75, 3.05) is 30.0 Å². The van der Waals surface area contributed by atoms with Gasteiger partial charge in [0.05, 0.1) is 18.1 Å². The highest BCUT2D eigenvalue weighted by Crippen LogP contribution is 2.20. The average Bonchev–Trinajstić information content (AvgIpc) is 2.72. The van der Waals surface area contributed by atoms with Gasteiger partial charge in [-0.3, -0.25) is 5.32 Å². The fourth-order valence-electron chi connectivity index (χ4n) is 2.57. The summed E-state index contributed by atoms with van der Waals surface area (Å²) in [7, 11) is -3.30. The third-order valence-electron chi connectivity index (χ3n) is 3.81.